The molecule has 0 aromatic carbocycles. The lowest BCUT2D eigenvalue weighted by atomic mass is 10.0. The minimum absolute atomic E-state index is 0.352. The molecule has 0 radical (unpaired) electrons. The number of thioether (sulfide) groups is 1. The third kappa shape index (κ3) is 4.96. The predicted molar refractivity (Wildman–Crippen MR) is 76.5 cm³/mol. The lowest BCUT2D eigenvalue weighted by Crippen LogP contribution is -2.46. The van der Waals surface area contributed by atoms with Crippen LogP contribution in [0, 0.1) is 0 Å². The summed E-state index contributed by atoms with van der Waals surface area (Å²) in [6.45, 7) is 3.82. The molecule has 100 valence electrons. The van der Waals surface area contributed by atoms with E-state index in [0.717, 1.165) is 15.3 Å². The molecule has 1 atom stereocenters. The Morgan fingerprint density at radius 2 is 2.33 bits per heavy atom. The summed E-state index contributed by atoms with van der Waals surface area (Å²) in [5.74, 6) is 0.370. The zero-order chi connectivity index (χ0) is 13.6. The maximum absolute atomic E-state index is 11.6. The second-order valence-corrected chi connectivity index (χ2v) is 6.08. The number of ether oxygens (including phenoxy) is 1. The Morgan fingerprint density at radius 3 is 2.89 bits per heavy atom. The Morgan fingerprint density at radius 1 is 1.61 bits per heavy atom. The Labute approximate surface area is 120 Å². The molecule has 0 bridgehead atoms. The fraction of sp³-hybridized carbons (Fsp3) is 0.500. The standard InChI is InChI=1S/C12H17BrN2O2S/c1-3-17-11(16)12(2,14)6-7-18-10-5-4-9(13)8-15-10/h4-5,8H,3,6-7,14H2,1-2H3. The van der Waals surface area contributed by atoms with Gasteiger partial charge in [0.15, 0.2) is 0 Å². The molecule has 0 spiro atoms. The Bertz CT molecular complexity index is 396. The highest BCUT2D eigenvalue weighted by Crippen LogP contribution is 2.21. The van der Waals surface area contributed by atoms with Gasteiger partial charge < -0.3 is 10.5 Å². The van der Waals surface area contributed by atoms with Crippen LogP contribution in [0.2, 0.25) is 0 Å². The van der Waals surface area contributed by atoms with E-state index >= 15 is 0 Å². The summed E-state index contributed by atoms with van der Waals surface area (Å²) >= 11 is 4.90. The third-order valence-electron chi connectivity index (χ3n) is 2.31. The van der Waals surface area contributed by atoms with Crippen molar-refractivity contribution in [2.45, 2.75) is 30.8 Å². The number of esters is 1. The van der Waals surface area contributed by atoms with Crippen molar-refractivity contribution in [3.8, 4) is 0 Å². The number of hydrogen-bond acceptors (Lipinski definition) is 5. The van der Waals surface area contributed by atoms with E-state index in [1.54, 1.807) is 31.8 Å². The highest BCUT2D eigenvalue weighted by Gasteiger charge is 2.29. The fourth-order valence-corrected chi connectivity index (χ4v) is 2.47. The number of rotatable bonds is 6. The van der Waals surface area contributed by atoms with E-state index in [0.29, 0.717) is 13.0 Å². The van der Waals surface area contributed by atoms with E-state index in [4.69, 9.17) is 10.5 Å². The van der Waals surface area contributed by atoms with Gasteiger partial charge in [0.05, 0.1) is 11.6 Å². The van der Waals surface area contributed by atoms with Crippen molar-refractivity contribution in [1.29, 1.82) is 0 Å². The van der Waals surface area contributed by atoms with Gasteiger partial charge in [0, 0.05) is 16.4 Å². The number of nitrogens with zero attached hydrogens (tertiary/aromatic N) is 1. The topological polar surface area (TPSA) is 65.2 Å². The summed E-state index contributed by atoms with van der Waals surface area (Å²) in [6.07, 6.45) is 2.30. The molecule has 0 amide bonds. The van der Waals surface area contributed by atoms with Gasteiger partial charge in [-0.2, -0.15) is 0 Å². The lowest BCUT2D eigenvalue weighted by Gasteiger charge is -2.21. The predicted octanol–water partition coefficient (Wildman–Crippen LogP) is 2.61. The minimum atomic E-state index is -0.932. The van der Waals surface area contributed by atoms with Crippen molar-refractivity contribution in [2.75, 3.05) is 12.4 Å². The number of aromatic nitrogens is 1. The number of carbonyl (C=O) groups is 1. The Balaban J connectivity index is 2.41. The van der Waals surface area contributed by atoms with Crippen molar-refractivity contribution in [3.63, 3.8) is 0 Å². The van der Waals surface area contributed by atoms with E-state index in [9.17, 15) is 4.79 Å². The van der Waals surface area contributed by atoms with Gasteiger partial charge >= 0.3 is 5.97 Å². The van der Waals surface area contributed by atoms with Crippen LogP contribution in [-0.4, -0.2) is 28.9 Å². The second-order valence-electron chi connectivity index (χ2n) is 4.05. The van der Waals surface area contributed by atoms with Crippen LogP contribution in [0.25, 0.3) is 0 Å². The molecule has 1 aromatic heterocycles. The van der Waals surface area contributed by atoms with Gasteiger partial charge in [0.1, 0.15) is 5.54 Å². The molecule has 4 nitrogen and oxygen atoms in total. The number of hydrogen-bond donors (Lipinski definition) is 1. The van der Waals surface area contributed by atoms with Gasteiger partial charge in [-0.1, -0.05) is 0 Å². The smallest absolute Gasteiger partial charge is 0.325 e. The molecule has 18 heavy (non-hydrogen) atoms. The Hall–Kier alpha value is -0.590. The Kier molecular flexibility index (Phi) is 6.11. The van der Waals surface area contributed by atoms with Crippen LogP contribution in [0.3, 0.4) is 0 Å². The first-order valence-corrected chi connectivity index (χ1v) is 7.44. The van der Waals surface area contributed by atoms with Crippen LogP contribution in [0.15, 0.2) is 27.8 Å². The second kappa shape index (κ2) is 7.11. The van der Waals surface area contributed by atoms with Crippen LogP contribution >= 0.6 is 27.7 Å². The molecule has 0 aliphatic rings. The quantitative estimate of drug-likeness (QED) is 0.640. The minimum Gasteiger partial charge on any atom is -0.465 e. The van der Waals surface area contributed by atoms with E-state index in [-0.39, 0.29) is 5.97 Å². The summed E-state index contributed by atoms with van der Waals surface area (Å²) in [4.78, 5) is 15.8. The van der Waals surface area contributed by atoms with E-state index in [1.807, 2.05) is 12.1 Å². The SMILES string of the molecule is CCOC(=O)C(C)(N)CCSc1ccc(Br)cn1. The molecule has 1 heterocycles. The highest BCUT2D eigenvalue weighted by molar-refractivity contribution is 9.10. The number of carbonyl (C=O) groups excluding carboxylic acids is 1. The molecule has 6 heteroatoms. The third-order valence-corrected chi connectivity index (χ3v) is 3.73. The van der Waals surface area contributed by atoms with Crippen LogP contribution in [0.1, 0.15) is 20.3 Å². The molecule has 2 N–H and O–H groups in total. The van der Waals surface area contributed by atoms with Gasteiger partial charge in [-0.3, -0.25) is 4.79 Å². The number of pyridine rings is 1. The molecule has 1 unspecified atom stereocenters. The average molecular weight is 333 g/mol. The van der Waals surface area contributed by atoms with Gasteiger partial charge in [-0.25, -0.2) is 4.98 Å². The molecular weight excluding hydrogens is 316 g/mol. The van der Waals surface area contributed by atoms with E-state index < -0.39 is 5.54 Å². The summed E-state index contributed by atoms with van der Waals surface area (Å²) < 4.78 is 5.88. The normalized spacial score (nSPS) is 14.0. The largest absolute Gasteiger partial charge is 0.465 e. The van der Waals surface area contributed by atoms with Crippen molar-refractivity contribution < 1.29 is 9.53 Å². The van der Waals surface area contributed by atoms with E-state index in [2.05, 4.69) is 20.9 Å². The van der Waals surface area contributed by atoms with Crippen molar-refractivity contribution in [2.24, 2.45) is 5.73 Å². The van der Waals surface area contributed by atoms with Crippen molar-refractivity contribution in [1.82, 2.24) is 4.98 Å². The van der Waals surface area contributed by atoms with Crippen molar-refractivity contribution in [3.05, 3.63) is 22.8 Å². The maximum atomic E-state index is 11.6. The monoisotopic (exact) mass is 332 g/mol. The first-order valence-electron chi connectivity index (χ1n) is 5.66. The molecular formula is C12H17BrN2O2S. The first kappa shape index (κ1) is 15.5. The summed E-state index contributed by atoms with van der Waals surface area (Å²) in [6, 6.07) is 3.86. The molecule has 1 aromatic rings. The lowest BCUT2D eigenvalue weighted by molar-refractivity contribution is -0.149. The maximum Gasteiger partial charge on any atom is 0.325 e. The summed E-state index contributed by atoms with van der Waals surface area (Å²) in [7, 11) is 0. The van der Waals surface area contributed by atoms with Crippen molar-refractivity contribution >= 4 is 33.7 Å². The average Bonchev–Trinajstić information content (AvgIpc) is 2.32. The van der Waals surface area contributed by atoms with Gasteiger partial charge in [-0.15, -0.1) is 11.8 Å². The van der Waals surface area contributed by atoms with E-state index in [1.165, 1.54) is 0 Å². The van der Waals surface area contributed by atoms with Crippen LogP contribution < -0.4 is 5.73 Å². The number of halogens is 1. The van der Waals surface area contributed by atoms with Crippen LogP contribution in [-0.2, 0) is 9.53 Å². The van der Waals surface area contributed by atoms with Gasteiger partial charge in [0.2, 0.25) is 0 Å². The fourth-order valence-electron chi connectivity index (χ4n) is 1.21. The molecule has 0 saturated carbocycles. The molecule has 1 rings (SSSR count). The van der Waals surface area contributed by atoms with Crippen LogP contribution in [0.5, 0.6) is 0 Å². The molecule has 0 fully saturated rings. The molecule has 0 aliphatic carbocycles. The summed E-state index contributed by atoms with van der Waals surface area (Å²) in [5, 5.41) is 0.915. The van der Waals surface area contributed by atoms with Crippen LogP contribution in [0.4, 0.5) is 0 Å². The molecule has 0 aliphatic heterocycles. The number of nitrogens with two attached hydrogens (primary N) is 1. The highest BCUT2D eigenvalue weighted by atomic mass is 79.9. The first-order chi connectivity index (χ1) is 8.45. The van der Waals surface area contributed by atoms with Gasteiger partial charge in [0.25, 0.3) is 0 Å². The summed E-state index contributed by atoms with van der Waals surface area (Å²) in [5.41, 5.74) is 4.99. The zero-order valence-corrected chi connectivity index (χ0v) is 12.9. The van der Waals surface area contributed by atoms with Gasteiger partial charge in [-0.05, 0) is 48.3 Å². The molecule has 0 saturated heterocycles. The zero-order valence-electron chi connectivity index (χ0n) is 10.5.